The van der Waals surface area contributed by atoms with Crippen LogP contribution in [-0.2, 0) is 11.2 Å². The van der Waals surface area contributed by atoms with Crippen LogP contribution >= 0.6 is 0 Å². The van der Waals surface area contributed by atoms with Gasteiger partial charge in [-0.25, -0.2) is 4.39 Å². The molecule has 146 valence electrons. The predicted octanol–water partition coefficient (Wildman–Crippen LogP) is 4.84. The van der Waals surface area contributed by atoms with Gasteiger partial charge in [-0.1, -0.05) is 59.8 Å². The number of aryl methyl sites for hydroxylation is 1. The molecule has 0 radical (unpaired) electrons. The van der Waals surface area contributed by atoms with Crippen molar-refractivity contribution in [1.82, 2.24) is 15.5 Å². The number of benzene rings is 3. The lowest BCUT2D eigenvalue weighted by Gasteiger charge is -2.13. The first kappa shape index (κ1) is 18.8. The zero-order valence-electron chi connectivity index (χ0n) is 15.9. The topological polar surface area (TPSA) is 68.0 Å². The smallest absolute Gasteiger partial charge is 0.227 e. The van der Waals surface area contributed by atoms with Crippen molar-refractivity contribution < 1.29 is 13.7 Å². The first-order valence-electron chi connectivity index (χ1n) is 9.46. The number of nitrogens with one attached hydrogen (secondary N) is 1. The van der Waals surface area contributed by atoms with E-state index in [9.17, 15) is 9.18 Å². The summed E-state index contributed by atoms with van der Waals surface area (Å²) in [7, 11) is 0. The third kappa shape index (κ3) is 4.32. The van der Waals surface area contributed by atoms with Crippen LogP contribution in [0.4, 0.5) is 4.39 Å². The van der Waals surface area contributed by atoms with Crippen molar-refractivity contribution in [3.05, 3.63) is 84.0 Å². The molecule has 0 saturated carbocycles. The lowest BCUT2D eigenvalue weighted by atomic mass is 10.0. The molecule has 3 aromatic carbocycles. The van der Waals surface area contributed by atoms with Crippen molar-refractivity contribution in [2.75, 3.05) is 0 Å². The number of fused-ring (bicyclic) bond motifs is 1. The lowest BCUT2D eigenvalue weighted by molar-refractivity contribution is -0.121. The van der Waals surface area contributed by atoms with Gasteiger partial charge in [-0.3, -0.25) is 4.79 Å². The standard InChI is InChI=1S/C23H20FN3O2/c1-15(16-9-11-18(24)12-10-16)25-21(28)13-14-22-26-23(27-29-22)20-8-4-6-17-5-2-3-7-19(17)20/h2-12,15H,13-14H2,1H3,(H,25,28)/t15-/m0/s1. The Bertz CT molecular complexity index is 1130. The average molecular weight is 389 g/mol. The highest BCUT2D eigenvalue weighted by Crippen LogP contribution is 2.26. The number of rotatable bonds is 6. The number of aromatic nitrogens is 2. The minimum Gasteiger partial charge on any atom is -0.350 e. The Hall–Kier alpha value is -3.54. The van der Waals surface area contributed by atoms with E-state index >= 15 is 0 Å². The Morgan fingerprint density at radius 3 is 2.66 bits per heavy atom. The van der Waals surface area contributed by atoms with Crippen LogP contribution in [0.3, 0.4) is 0 Å². The first-order valence-corrected chi connectivity index (χ1v) is 9.46. The molecule has 5 nitrogen and oxygen atoms in total. The summed E-state index contributed by atoms with van der Waals surface area (Å²) < 4.78 is 18.4. The van der Waals surface area contributed by atoms with E-state index in [1.54, 1.807) is 12.1 Å². The highest BCUT2D eigenvalue weighted by atomic mass is 19.1. The van der Waals surface area contributed by atoms with Crippen molar-refractivity contribution in [2.24, 2.45) is 0 Å². The normalized spacial score (nSPS) is 12.1. The maximum atomic E-state index is 13.0. The molecule has 4 rings (SSSR count). The Morgan fingerprint density at radius 2 is 1.83 bits per heavy atom. The van der Waals surface area contributed by atoms with Gasteiger partial charge < -0.3 is 9.84 Å². The zero-order valence-corrected chi connectivity index (χ0v) is 15.9. The molecule has 1 aromatic heterocycles. The monoisotopic (exact) mass is 389 g/mol. The third-order valence-electron chi connectivity index (χ3n) is 4.81. The van der Waals surface area contributed by atoms with Crippen LogP contribution in [0.25, 0.3) is 22.2 Å². The summed E-state index contributed by atoms with van der Waals surface area (Å²) in [6.07, 6.45) is 0.572. The second-order valence-electron chi connectivity index (χ2n) is 6.88. The van der Waals surface area contributed by atoms with E-state index in [1.807, 2.05) is 49.4 Å². The van der Waals surface area contributed by atoms with Gasteiger partial charge in [0.2, 0.25) is 17.6 Å². The highest BCUT2D eigenvalue weighted by Gasteiger charge is 2.14. The summed E-state index contributed by atoms with van der Waals surface area (Å²) >= 11 is 0. The van der Waals surface area contributed by atoms with E-state index < -0.39 is 0 Å². The second kappa shape index (κ2) is 8.22. The minimum atomic E-state index is -0.300. The molecule has 0 bridgehead atoms. The van der Waals surface area contributed by atoms with Crippen LogP contribution in [-0.4, -0.2) is 16.0 Å². The van der Waals surface area contributed by atoms with Crippen LogP contribution in [0.15, 0.2) is 71.3 Å². The Morgan fingerprint density at radius 1 is 1.07 bits per heavy atom. The summed E-state index contributed by atoms with van der Waals surface area (Å²) in [5.74, 6) is 0.492. The average Bonchev–Trinajstić information content (AvgIpc) is 3.21. The zero-order chi connectivity index (χ0) is 20.2. The molecule has 29 heavy (non-hydrogen) atoms. The predicted molar refractivity (Wildman–Crippen MR) is 109 cm³/mol. The number of amides is 1. The van der Waals surface area contributed by atoms with Crippen LogP contribution in [0.1, 0.15) is 30.8 Å². The van der Waals surface area contributed by atoms with E-state index in [2.05, 4.69) is 15.5 Å². The van der Waals surface area contributed by atoms with E-state index in [0.717, 1.165) is 21.9 Å². The third-order valence-corrected chi connectivity index (χ3v) is 4.81. The van der Waals surface area contributed by atoms with Gasteiger partial charge in [0.15, 0.2) is 0 Å². The lowest BCUT2D eigenvalue weighted by Crippen LogP contribution is -2.26. The van der Waals surface area contributed by atoms with Gasteiger partial charge in [-0.15, -0.1) is 0 Å². The molecule has 1 N–H and O–H groups in total. The number of carbonyl (C=O) groups is 1. The largest absolute Gasteiger partial charge is 0.350 e. The van der Waals surface area contributed by atoms with E-state index in [0.29, 0.717) is 18.1 Å². The molecule has 1 heterocycles. The molecule has 0 aliphatic rings. The van der Waals surface area contributed by atoms with E-state index in [-0.39, 0.29) is 24.2 Å². The fourth-order valence-electron chi connectivity index (χ4n) is 3.26. The van der Waals surface area contributed by atoms with Gasteiger partial charge in [0.05, 0.1) is 6.04 Å². The number of hydrogen-bond acceptors (Lipinski definition) is 4. The molecule has 0 fully saturated rings. The molecule has 1 atom stereocenters. The maximum Gasteiger partial charge on any atom is 0.227 e. The summed E-state index contributed by atoms with van der Waals surface area (Å²) in [5, 5.41) is 9.13. The van der Waals surface area contributed by atoms with Crippen molar-refractivity contribution in [1.29, 1.82) is 0 Å². The molecule has 0 aliphatic carbocycles. The van der Waals surface area contributed by atoms with E-state index in [4.69, 9.17) is 4.52 Å². The van der Waals surface area contributed by atoms with Gasteiger partial charge in [0.25, 0.3) is 0 Å². The van der Waals surface area contributed by atoms with E-state index in [1.165, 1.54) is 12.1 Å². The van der Waals surface area contributed by atoms with Gasteiger partial charge >= 0.3 is 0 Å². The molecule has 1 amide bonds. The molecule has 4 aromatic rings. The van der Waals surface area contributed by atoms with Gasteiger partial charge in [-0.05, 0) is 35.4 Å². The first-order chi connectivity index (χ1) is 14.1. The maximum absolute atomic E-state index is 13.0. The number of halogens is 1. The highest BCUT2D eigenvalue weighted by molar-refractivity contribution is 5.94. The summed E-state index contributed by atoms with van der Waals surface area (Å²) in [5.41, 5.74) is 1.74. The molecule has 6 heteroatoms. The van der Waals surface area contributed by atoms with Gasteiger partial charge in [0.1, 0.15) is 5.82 Å². The Balaban J connectivity index is 1.39. The van der Waals surface area contributed by atoms with Gasteiger partial charge in [-0.2, -0.15) is 4.98 Å². The van der Waals surface area contributed by atoms with Crippen molar-refractivity contribution >= 4 is 16.7 Å². The molecule has 0 spiro atoms. The number of carbonyl (C=O) groups excluding carboxylic acids is 1. The van der Waals surface area contributed by atoms with Crippen molar-refractivity contribution in [2.45, 2.75) is 25.8 Å². The Labute approximate surface area is 167 Å². The summed E-state index contributed by atoms with van der Waals surface area (Å²) in [4.78, 5) is 16.7. The number of nitrogens with zero attached hydrogens (tertiary/aromatic N) is 2. The molecule has 0 saturated heterocycles. The van der Waals surface area contributed by atoms with Crippen LogP contribution < -0.4 is 5.32 Å². The Kier molecular flexibility index (Phi) is 5.33. The van der Waals surface area contributed by atoms with Crippen molar-refractivity contribution in [3.8, 4) is 11.4 Å². The molecule has 0 unspecified atom stereocenters. The molecular weight excluding hydrogens is 369 g/mol. The quantitative estimate of drug-likeness (QED) is 0.512. The minimum absolute atomic E-state index is 0.133. The fourth-order valence-corrected chi connectivity index (χ4v) is 3.26. The fraction of sp³-hybridized carbons (Fsp3) is 0.174. The van der Waals surface area contributed by atoms with Gasteiger partial charge in [0, 0.05) is 18.4 Å². The molecular formula is C23H20FN3O2. The summed E-state index contributed by atoms with van der Waals surface area (Å²) in [6, 6.07) is 19.8. The molecule has 0 aliphatic heterocycles. The van der Waals surface area contributed by atoms with Crippen molar-refractivity contribution in [3.63, 3.8) is 0 Å². The van der Waals surface area contributed by atoms with Crippen LogP contribution in [0.2, 0.25) is 0 Å². The van der Waals surface area contributed by atoms with Crippen LogP contribution in [0, 0.1) is 5.82 Å². The number of hydrogen-bond donors (Lipinski definition) is 1. The second-order valence-corrected chi connectivity index (χ2v) is 6.88. The SMILES string of the molecule is C[C@H](NC(=O)CCc1nc(-c2cccc3ccccc23)no1)c1ccc(F)cc1. The van der Waals surface area contributed by atoms with Crippen LogP contribution in [0.5, 0.6) is 0 Å². The summed E-state index contributed by atoms with van der Waals surface area (Å²) in [6.45, 7) is 1.86.